The summed E-state index contributed by atoms with van der Waals surface area (Å²) in [6, 6.07) is 0. The van der Waals surface area contributed by atoms with E-state index in [0.29, 0.717) is 38.5 Å². The number of allylic oxidation sites excluding steroid dienone is 1. The van der Waals surface area contributed by atoms with Crippen molar-refractivity contribution in [1.29, 1.82) is 0 Å². The fraction of sp³-hybridized carbons (Fsp3) is 0.961. The Labute approximate surface area is 435 Å². The number of aliphatic hydroxyl groups is 15. The van der Waals surface area contributed by atoms with Crippen LogP contribution in [0.15, 0.2) is 11.6 Å². The van der Waals surface area contributed by atoms with Crippen molar-refractivity contribution in [1.82, 2.24) is 0 Å². The van der Waals surface area contributed by atoms with Crippen molar-refractivity contribution in [2.75, 3.05) is 26.4 Å². The maximum absolute atomic E-state index is 12.9. The molecule has 9 aliphatic rings. The van der Waals surface area contributed by atoms with E-state index >= 15 is 0 Å². The molecule has 5 saturated heterocycles. The third-order valence-corrected chi connectivity index (χ3v) is 19.7. The van der Waals surface area contributed by atoms with Crippen LogP contribution in [0.1, 0.15) is 92.4 Å². The maximum atomic E-state index is 12.9. The first-order chi connectivity index (χ1) is 35.3. The average Bonchev–Trinajstić information content (AvgIpc) is 3.87. The lowest BCUT2D eigenvalue weighted by atomic mass is 9.46. The molecule has 0 aromatic carbocycles. The minimum absolute atomic E-state index is 0.0763. The molecule has 432 valence electrons. The molecule has 0 spiro atoms. The standard InChI is InChI=1S/C51H84O24/c1-20(18-67-44-40(62)37(59)33(55)28(16-52)71-44)8-13-50(65)22(3)51(66)31(75-50)15-27-25-7-6-23-14-24(9-11-48(23,4)26(25)10-12-49(27,51)5)70-47-43(74-46-42(64)36(58)32(54)21(2)69-46)39(61)35(57)30(73-47)19-68-45-41(63)38(60)34(56)29(17-53)72-45/h6,20-22,24-47,52-66H,7-19H2,1-5H3/t20-,21+,22-,24+,25-,26+,27+,28-,29-,30-,31+,32+,33-,34-,35-,36-,37+,38+,39+,40-,41-,42-,43-,44-,45-,46+,47-,48+,49+,50-,51-/m1/s1. The SMILES string of the molecule is C[C@H](CC[C@@]1(O)O[C@H]2C[C@H]3[C@@H]4CC=C5C[C@@H](O[C@@H]6O[C@H](CO[C@@H]7O[C@H](CO)[C@@H](O)[C@H](O)[C@H]7O)[C@@H](O)[C@H](O)[C@H]6O[C@@H]6O[C@@H](C)[C@H](O)[C@@H](O)[C@H]6O)CC[C@]5(C)[C@H]4CC[C@]3(C)[C@@]2(O)[C@@H]1C)CO[C@@H]1O[C@H](CO)[C@@H](O)[C@H](O)[C@H]1O. The third kappa shape index (κ3) is 10.1. The molecule has 24 nitrogen and oxygen atoms in total. The molecule has 5 aliphatic heterocycles. The largest absolute Gasteiger partial charge is 0.394 e. The zero-order valence-electron chi connectivity index (χ0n) is 43.2. The van der Waals surface area contributed by atoms with Crippen LogP contribution in [-0.4, -0.2) is 249 Å². The van der Waals surface area contributed by atoms with Crippen LogP contribution in [0.4, 0.5) is 0 Å². The zero-order valence-corrected chi connectivity index (χ0v) is 43.2. The Morgan fingerprint density at radius 3 is 1.87 bits per heavy atom. The van der Waals surface area contributed by atoms with E-state index in [4.69, 9.17) is 42.6 Å². The Morgan fingerprint density at radius 2 is 1.23 bits per heavy atom. The predicted molar refractivity (Wildman–Crippen MR) is 252 cm³/mol. The van der Waals surface area contributed by atoms with Gasteiger partial charge in [0.1, 0.15) is 97.2 Å². The summed E-state index contributed by atoms with van der Waals surface area (Å²) in [5.41, 5.74) is -0.976. The molecule has 5 heterocycles. The van der Waals surface area contributed by atoms with Gasteiger partial charge in [-0.3, -0.25) is 0 Å². The second-order valence-electron chi connectivity index (χ2n) is 24.0. The molecule has 0 aromatic heterocycles. The van der Waals surface area contributed by atoms with Crippen LogP contribution in [-0.2, 0) is 42.6 Å². The first kappa shape index (κ1) is 58.4. The van der Waals surface area contributed by atoms with Gasteiger partial charge in [0, 0.05) is 17.8 Å². The molecular weight excluding hydrogens is 997 g/mol. The first-order valence-corrected chi connectivity index (χ1v) is 27.0. The molecule has 8 fully saturated rings. The summed E-state index contributed by atoms with van der Waals surface area (Å²) in [6.45, 7) is 7.88. The van der Waals surface area contributed by atoms with Crippen molar-refractivity contribution >= 4 is 0 Å². The molecule has 0 amide bonds. The highest BCUT2D eigenvalue weighted by molar-refractivity contribution is 5.29. The van der Waals surface area contributed by atoms with Crippen LogP contribution in [0.5, 0.6) is 0 Å². The lowest BCUT2D eigenvalue weighted by molar-refractivity contribution is -0.375. The molecule has 75 heavy (non-hydrogen) atoms. The highest BCUT2D eigenvalue weighted by Crippen LogP contribution is 2.71. The zero-order chi connectivity index (χ0) is 54.4. The van der Waals surface area contributed by atoms with Crippen LogP contribution in [0.25, 0.3) is 0 Å². The predicted octanol–water partition coefficient (Wildman–Crippen LogP) is -3.89. The number of fused-ring (bicyclic) bond motifs is 7. The molecule has 0 radical (unpaired) electrons. The molecule has 24 heteroatoms. The van der Waals surface area contributed by atoms with Crippen LogP contribution in [0.3, 0.4) is 0 Å². The molecule has 15 N–H and O–H groups in total. The van der Waals surface area contributed by atoms with E-state index in [1.807, 2.05) is 13.8 Å². The average molecular weight is 1080 g/mol. The minimum atomic E-state index is -1.78. The molecule has 0 aromatic rings. The van der Waals surface area contributed by atoms with E-state index in [9.17, 15) is 76.6 Å². The van der Waals surface area contributed by atoms with E-state index < -0.39 is 178 Å². The summed E-state index contributed by atoms with van der Waals surface area (Å²) in [5, 5.41) is 161. The maximum Gasteiger partial charge on any atom is 0.187 e. The quantitative estimate of drug-likeness (QED) is 0.0697. The van der Waals surface area contributed by atoms with Crippen molar-refractivity contribution in [3.05, 3.63) is 11.6 Å². The van der Waals surface area contributed by atoms with E-state index in [1.165, 1.54) is 12.5 Å². The van der Waals surface area contributed by atoms with Gasteiger partial charge in [-0.15, -0.1) is 0 Å². The van der Waals surface area contributed by atoms with E-state index in [-0.39, 0.29) is 42.1 Å². The number of hydrogen-bond donors (Lipinski definition) is 15. The highest BCUT2D eigenvalue weighted by atomic mass is 16.8. The topological polar surface area (TPSA) is 387 Å². The third-order valence-electron chi connectivity index (χ3n) is 19.7. The van der Waals surface area contributed by atoms with Gasteiger partial charge in [-0.05, 0) is 87.4 Å². The summed E-state index contributed by atoms with van der Waals surface area (Å²) < 4.78 is 53.7. The Balaban J connectivity index is 0.853. The fourth-order valence-electron chi connectivity index (χ4n) is 14.8. The number of aliphatic hydroxyl groups excluding tert-OH is 13. The van der Waals surface area contributed by atoms with E-state index in [0.717, 1.165) is 12.8 Å². The van der Waals surface area contributed by atoms with Gasteiger partial charge < -0.3 is 119 Å². The Morgan fingerprint density at radius 1 is 0.640 bits per heavy atom. The summed E-state index contributed by atoms with van der Waals surface area (Å²) in [5.74, 6) is -1.92. The lowest BCUT2D eigenvalue weighted by Crippen LogP contribution is -2.65. The molecule has 31 atom stereocenters. The number of ether oxygens (including phenoxy) is 9. The Bertz CT molecular complexity index is 1970. The van der Waals surface area contributed by atoms with Gasteiger partial charge in [0.15, 0.2) is 30.9 Å². The van der Waals surface area contributed by atoms with Crippen LogP contribution >= 0.6 is 0 Å². The monoisotopic (exact) mass is 1080 g/mol. The molecule has 4 aliphatic carbocycles. The van der Waals surface area contributed by atoms with Gasteiger partial charge in [0.2, 0.25) is 0 Å². The minimum Gasteiger partial charge on any atom is -0.394 e. The lowest BCUT2D eigenvalue weighted by Gasteiger charge is -2.59. The fourth-order valence-corrected chi connectivity index (χ4v) is 14.8. The van der Waals surface area contributed by atoms with Gasteiger partial charge in [0.05, 0.1) is 44.7 Å². The molecule has 0 unspecified atom stereocenters. The van der Waals surface area contributed by atoms with Crippen molar-refractivity contribution in [2.45, 2.75) is 239 Å². The van der Waals surface area contributed by atoms with Crippen molar-refractivity contribution < 1.29 is 119 Å². The molecular formula is C51H84O24. The van der Waals surface area contributed by atoms with Crippen molar-refractivity contribution in [2.24, 2.45) is 40.4 Å². The second kappa shape index (κ2) is 22.3. The summed E-state index contributed by atoms with van der Waals surface area (Å²) in [6.07, 6.45) is -24.0. The molecule has 3 saturated carbocycles. The van der Waals surface area contributed by atoms with Crippen molar-refractivity contribution in [3.63, 3.8) is 0 Å². The van der Waals surface area contributed by atoms with Gasteiger partial charge in [-0.2, -0.15) is 0 Å². The smallest absolute Gasteiger partial charge is 0.187 e. The summed E-state index contributed by atoms with van der Waals surface area (Å²) >= 11 is 0. The van der Waals surface area contributed by atoms with Crippen LogP contribution in [0, 0.1) is 40.4 Å². The van der Waals surface area contributed by atoms with Gasteiger partial charge in [-0.25, -0.2) is 0 Å². The van der Waals surface area contributed by atoms with Gasteiger partial charge >= 0.3 is 0 Å². The van der Waals surface area contributed by atoms with Crippen LogP contribution in [0.2, 0.25) is 0 Å². The highest BCUT2D eigenvalue weighted by Gasteiger charge is 2.75. The van der Waals surface area contributed by atoms with E-state index in [1.54, 1.807) is 0 Å². The number of rotatable bonds is 15. The Kier molecular flexibility index (Phi) is 17.3. The molecule has 0 bridgehead atoms. The second-order valence-corrected chi connectivity index (χ2v) is 24.0. The van der Waals surface area contributed by atoms with E-state index in [2.05, 4.69) is 19.9 Å². The molecule has 9 rings (SSSR count). The number of hydrogen-bond acceptors (Lipinski definition) is 24. The summed E-state index contributed by atoms with van der Waals surface area (Å²) in [4.78, 5) is 0. The van der Waals surface area contributed by atoms with Gasteiger partial charge in [0.25, 0.3) is 0 Å². The first-order valence-electron chi connectivity index (χ1n) is 27.0. The van der Waals surface area contributed by atoms with Crippen molar-refractivity contribution in [3.8, 4) is 0 Å². The van der Waals surface area contributed by atoms with Crippen LogP contribution < -0.4 is 0 Å². The Hall–Kier alpha value is -1.22. The van der Waals surface area contributed by atoms with Gasteiger partial charge in [-0.1, -0.05) is 39.3 Å². The summed E-state index contributed by atoms with van der Waals surface area (Å²) in [7, 11) is 0. The normalized spacial score (nSPS) is 55.3.